The first-order valence-electron chi connectivity index (χ1n) is 7.81. The van der Waals surface area contributed by atoms with E-state index in [2.05, 4.69) is 41.5 Å². The van der Waals surface area contributed by atoms with Crippen molar-refractivity contribution in [3.05, 3.63) is 0 Å². The van der Waals surface area contributed by atoms with Crippen molar-refractivity contribution in [2.24, 2.45) is 10.8 Å². The monoisotopic (exact) mass is 240 g/mol. The second kappa shape index (κ2) is 8.16. The van der Waals surface area contributed by atoms with Crippen molar-refractivity contribution in [1.82, 2.24) is 0 Å². The standard InChI is InChI=1S/C17H36/c1-7-8-9-10-11-12-13-14-15-17(5,6)16(2,3)4/h7-15H2,1-6H3. The van der Waals surface area contributed by atoms with Crippen LogP contribution in [0.3, 0.4) is 0 Å². The van der Waals surface area contributed by atoms with Crippen molar-refractivity contribution in [2.45, 2.75) is 99.3 Å². The zero-order chi connectivity index (χ0) is 13.4. The third-order valence-electron chi connectivity index (χ3n) is 4.69. The molecule has 0 aromatic rings. The highest BCUT2D eigenvalue weighted by Gasteiger charge is 2.31. The number of rotatable bonds is 9. The van der Waals surface area contributed by atoms with Crippen LogP contribution in [0.25, 0.3) is 0 Å². The van der Waals surface area contributed by atoms with E-state index in [1.807, 2.05) is 0 Å². The van der Waals surface area contributed by atoms with Gasteiger partial charge >= 0.3 is 0 Å². The van der Waals surface area contributed by atoms with Crippen LogP contribution >= 0.6 is 0 Å². The minimum absolute atomic E-state index is 0.439. The molecule has 0 aromatic carbocycles. The second-order valence-corrected chi connectivity index (χ2v) is 7.36. The Balaban J connectivity index is 3.46. The molecule has 104 valence electrons. The fourth-order valence-electron chi connectivity index (χ4n) is 2.08. The van der Waals surface area contributed by atoms with Crippen LogP contribution in [0.15, 0.2) is 0 Å². The molecule has 0 aliphatic carbocycles. The molecule has 0 rings (SSSR count). The van der Waals surface area contributed by atoms with Crippen LogP contribution in [0.1, 0.15) is 99.3 Å². The molecule has 0 unspecified atom stereocenters. The lowest BCUT2D eigenvalue weighted by Gasteiger charge is -2.39. The fraction of sp³-hybridized carbons (Fsp3) is 1.00. The smallest absolute Gasteiger partial charge is 0.0306 e. The van der Waals surface area contributed by atoms with E-state index in [1.54, 1.807) is 0 Å². The predicted molar refractivity (Wildman–Crippen MR) is 80.5 cm³/mol. The molecule has 0 aromatic heterocycles. The highest BCUT2D eigenvalue weighted by atomic mass is 14.4. The Morgan fingerprint density at radius 3 is 1.41 bits per heavy atom. The summed E-state index contributed by atoms with van der Waals surface area (Å²) >= 11 is 0. The summed E-state index contributed by atoms with van der Waals surface area (Å²) in [7, 11) is 0. The summed E-state index contributed by atoms with van der Waals surface area (Å²) in [5, 5.41) is 0. The lowest BCUT2D eigenvalue weighted by Crippen LogP contribution is -2.29. The molecule has 0 saturated carbocycles. The predicted octanol–water partition coefficient (Wildman–Crippen LogP) is 6.59. The molecule has 0 N–H and O–H groups in total. The van der Waals surface area contributed by atoms with Gasteiger partial charge in [0.1, 0.15) is 0 Å². The minimum Gasteiger partial charge on any atom is -0.0654 e. The van der Waals surface area contributed by atoms with Crippen LogP contribution in [-0.4, -0.2) is 0 Å². The van der Waals surface area contributed by atoms with E-state index in [0.717, 1.165) is 0 Å². The van der Waals surface area contributed by atoms with Crippen LogP contribution in [-0.2, 0) is 0 Å². The molecule has 0 bridgehead atoms. The Labute approximate surface area is 111 Å². The van der Waals surface area contributed by atoms with Crippen LogP contribution in [0.2, 0.25) is 0 Å². The maximum absolute atomic E-state index is 2.42. The summed E-state index contributed by atoms with van der Waals surface area (Å²) in [6.07, 6.45) is 12.8. The number of hydrogen-bond acceptors (Lipinski definition) is 0. The van der Waals surface area contributed by atoms with Gasteiger partial charge in [-0.15, -0.1) is 0 Å². The van der Waals surface area contributed by atoms with Gasteiger partial charge in [-0.2, -0.15) is 0 Å². The second-order valence-electron chi connectivity index (χ2n) is 7.36. The van der Waals surface area contributed by atoms with Crippen molar-refractivity contribution in [3.63, 3.8) is 0 Å². The Bertz CT molecular complexity index is 171. The van der Waals surface area contributed by atoms with E-state index < -0.39 is 0 Å². The molecule has 0 atom stereocenters. The fourth-order valence-corrected chi connectivity index (χ4v) is 2.08. The highest BCUT2D eigenvalue weighted by molar-refractivity contribution is 4.81. The van der Waals surface area contributed by atoms with Crippen molar-refractivity contribution in [2.75, 3.05) is 0 Å². The zero-order valence-corrected chi connectivity index (χ0v) is 13.4. The van der Waals surface area contributed by atoms with Crippen LogP contribution < -0.4 is 0 Å². The third-order valence-corrected chi connectivity index (χ3v) is 4.69. The maximum Gasteiger partial charge on any atom is -0.0306 e. The Hall–Kier alpha value is 0. The van der Waals surface area contributed by atoms with Gasteiger partial charge in [0.2, 0.25) is 0 Å². The molecule has 0 nitrogen and oxygen atoms in total. The van der Waals surface area contributed by atoms with Crippen molar-refractivity contribution >= 4 is 0 Å². The first-order chi connectivity index (χ1) is 7.81. The molecule has 0 radical (unpaired) electrons. The average Bonchev–Trinajstić information content (AvgIpc) is 2.20. The van der Waals surface area contributed by atoms with E-state index >= 15 is 0 Å². The van der Waals surface area contributed by atoms with Gasteiger partial charge in [0.05, 0.1) is 0 Å². The van der Waals surface area contributed by atoms with Gasteiger partial charge in [-0.1, -0.05) is 92.9 Å². The summed E-state index contributed by atoms with van der Waals surface area (Å²) in [6.45, 7) is 14.3. The first-order valence-corrected chi connectivity index (χ1v) is 7.81. The molecular weight excluding hydrogens is 204 g/mol. The molecule has 0 fully saturated rings. The van der Waals surface area contributed by atoms with E-state index in [1.165, 1.54) is 57.8 Å². The first kappa shape index (κ1) is 17.0. The summed E-state index contributed by atoms with van der Waals surface area (Å²) in [5.74, 6) is 0. The van der Waals surface area contributed by atoms with Crippen LogP contribution in [0, 0.1) is 10.8 Å². The van der Waals surface area contributed by atoms with E-state index in [4.69, 9.17) is 0 Å². The SMILES string of the molecule is CCCCCCCCCCC(C)(C)C(C)(C)C. The molecular formula is C17H36. The molecule has 0 aliphatic heterocycles. The van der Waals surface area contributed by atoms with Gasteiger partial charge in [-0.05, 0) is 17.3 Å². The third kappa shape index (κ3) is 7.84. The quantitative estimate of drug-likeness (QED) is 0.399. The van der Waals surface area contributed by atoms with Gasteiger partial charge in [0.15, 0.2) is 0 Å². The molecule has 0 heteroatoms. The molecule has 0 saturated heterocycles. The molecule has 17 heavy (non-hydrogen) atoms. The Morgan fingerprint density at radius 1 is 0.588 bits per heavy atom. The summed E-state index contributed by atoms with van der Waals surface area (Å²) in [5.41, 5.74) is 0.920. The minimum atomic E-state index is 0.439. The Kier molecular flexibility index (Phi) is 8.16. The average molecular weight is 240 g/mol. The highest BCUT2D eigenvalue weighted by Crippen LogP contribution is 2.41. The van der Waals surface area contributed by atoms with Crippen molar-refractivity contribution in [3.8, 4) is 0 Å². The maximum atomic E-state index is 2.42. The van der Waals surface area contributed by atoms with Crippen LogP contribution in [0.5, 0.6) is 0 Å². The van der Waals surface area contributed by atoms with Crippen LogP contribution in [0.4, 0.5) is 0 Å². The number of hydrogen-bond donors (Lipinski definition) is 0. The van der Waals surface area contributed by atoms with Gasteiger partial charge < -0.3 is 0 Å². The zero-order valence-electron chi connectivity index (χ0n) is 13.4. The largest absolute Gasteiger partial charge is 0.0654 e. The van der Waals surface area contributed by atoms with Crippen molar-refractivity contribution < 1.29 is 0 Å². The topological polar surface area (TPSA) is 0 Å². The summed E-state index contributed by atoms with van der Waals surface area (Å²) < 4.78 is 0. The summed E-state index contributed by atoms with van der Waals surface area (Å²) in [4.78, 5) is 0. The van der Waals surface area contributed by atoms with Crippen molar-refractivity contribution in [1.29, 1.82) is 0 Å². The normalized spacial score (nSPS) is 13.1. The lowest BCUT2D eigenvalue weighted by atomic mass is 9.67. The molecule has 0 amide bonds. The molecule has 0 spiro atoms. The van der Waals surface area contributed by atoms with Gasteiger partial charge in [-0.3, -0.25) is 0 Å². The van der Waals surface area contributed by atoms with E-state index in [9.17, 15) is 0 Å². The van der Waals surface area contributed by atoms with Gasteiger partial charge in [0.25, 0.3) is 0 Å². The molecule has 0 aliphatic rings. The van der Waals surface area contributed by atoms with E-state index in [0.29, 0.717) is 10.8 Å². The number of unbranched alkanes of at least 4 members (excludes halogenated alkanes) is 7. The Morgan fingerprint density at radius 2 is 1.00 bits per heavy atom. The van der Waals surface area contributed by atoms with E-state index in [-0.39, 0.29) is 0 Å². The summed E-state index contributed by atoms with van der Waals surface area (Å²) in [6, 6.07) is 0. The van der Waals surface area contributed by atoms with Gasteiger partial charge in [0, 0.05) is 0 Å². The lowest BCUT2D eigenvalue weighted by molar-refractivity contribution is 0.115. The van der Waals surface area contributed by atoms with Gasteiger partial charge in [-0.25, -0.2) is 0 Å². The molecule has 0 heterocycles.